The van der Waals surface area contributed by atoms with E-state index in [1.807, 2.05) is 0 Å². The van der Waals surface area contributed by atoms with Gasteiger partial charge in [0.1, 0.15) is 0 Å². The molecular weight excluding hydrogens is 152 g/mol. The van der Waals surface area contributed by atoms with Gasteiger partial charge in [-0.2, -0.15) is 0 Å². The van der Waals surface area contributed by atoms with E-state index < -0.39 is 12.0 Å². The summed E-state index contributed by atoms with van der Waals surface area (Å²) in [6.45, 7) is 0. The van der Waals surface area contributed by atoms with Crippen molar-refractivity contribution in [2.24, 2.45) is 11.5 Å². The van der Waals surface area contributed by atoms with Crippen LogP contribution in [0.3, 0.4) is 0 Å². The second kappa shape index (κ2) is 4.19. The summed E-state index contributed by atoms with van der Waals surface area (Å²) >= 11 is 4.53. The van der Waals surface area contributed by atoms with Crippen molar-refractivity contribution in [1.82, 2.24) is 0 Å². The Morgan fingerprint density at radius 1 is 1.70 bits per heavy atom. The van der Waals surface area contributed by atoms with Crippen LogP contribution in [0.1, 0.15) is 12.8 Å². The predicted octanol–water partition coefficient (Wildman–Crippen LogP) is -0.535. The number of carbonyl (C=O) groups is 1. The fourth-order valence-corrected chi connectivity index (χ4v) is 0.539. The van der Waals surface area contributed by atoms with Crippen LogP contribution < -0.4 is 11.5 Å². The SMILES string of the molecule is NC(=S)C(N)CCC(=O)O. The number of rotatable bonds is 4. The minimum Gasteiger partial charge on any atom is -0.481 e. The molecule has 0 aliphatic rings. The molecule has 0 saturated heterocycles. The van der Waals surface area contributed by atoms with E-state index in [0.717, 1.165) is 0 Å². The molecule has 0 amide bonds. The van der Waals surface area contributed by atoms with Gasteiger partial charge >= 0.3 is 5.97 Å². The van der Waals surface area contributed by atoms with Crippen molar-refractivity contribution in [2.75, 3.05) is 0 Å². The smallest absolute Gasteiger partial charge is 0.303 e. The van der Waals surface area contributed by atoms with Crippen LogP contribution in [0.15, 0.2) is 0 Å². The normalized spacial score (nSPS) is 12.5. The lowest BCUT2D eigenvalue weighted by Gasteiger charge is -2.05. The van der Waals surface area contributed by atoms with Gasteiger partial charge in [-0.1, -0.05) is 12.2 Å². The third-order valence-electron chi connectivity index (χ3n) is 1.03. The van der Waals surface area contributed by atoms with Crippen molar-refractivity contribution in [2.45, 2.75) is 18.9 Å². The van der Waals surface area contributed by atoms with Crippen molar-refractivity contribution in [1.29, 1.82) is 0 Å². The monoisotopic (exact) mass is 162 g/mol. The maximum Gasteiger partial charge on any atom is 0.303 e. The Labute approximate surface area is 64.2 Å². The van der Waals surface area contributed by atoms with E-state index in [4.69, 9.17) is 16.6 Å². The van der Waals surface area contributed by atoms with Crippen LogP contribution in [0, 0.1) is 0 Å². The third kappa shape index (κ3) is 4.22. The second-order valence-electron chi connectivity index (χ2n) is 1.94. The molecule has 0 aliphatic heterocycles. The van der Waals surface area contributed by atoms with E-state index in [-0.39, 0.29) is 11.4 Å². The zero-order valence-electron chi connectivity index (χ0n) is 5.41. The largest absolute Gasteiger partial charge is 0.481 e. The van der Waals surface area contributed by atoms with E-state index >= 15 is 0 Å². The first-order valence-corrected chi connectivity index (χ1v) is 3.21. The zero-order chi connectivity index (χ0) is 8.15. The summed E-state index contributed by atoms with van der Waals surface area (Å²) < 4.78 is 0. The summed E-state index contributed by atoms with van der Waals surface area (Å²) in [7, 11) is 0. The molecule has 4 nitrogen and oxygen atoms in total. The van der Waals surface area contributed by atoms with Crippen LogP contribution in [0.25, 0.3) is 0 Å². The Morgan fingerprint density at radius 3 is 2.50 bits per heavy atom. The van der Waals surface area contributed by atoms with Crippen molar-refractivity contribution < 1.29 is 9.90 Å². The van der Waals surface area contributed by atoms with Crippen LogP contribution in [0.4, 0.5) is 0 Å². The quantitative estimate of drug-likeness (QED) is 0.483. The van der Waals surface area contributed by atoms with Crippen molar-refractivity contribution in [3.05, 3.63) is 0 Å². The van der Waals surface area contributed by atoms with Gasteiger partial charge in [0, 0.05) is 6.42 Å². The van der Waals surface area contributed by atoms with Crippen molar-refractivity contribution >= 4 is 23.2 Å². The average Bonchev–Trinajstić information content (AvgIpc) is 1.82. The van der Waals surface area contributed by atoms with Gasteiger partial charge in [-0.25, -0.2) is 0 Å². The lowest BCUT2D eigenvalue weighted by Crippen LogP contribution is -2.35. The highest BCUT2D eigenvalue weighted by molar-refractivity contribution is 7.80. The predicted molar refractivity (Wildman–Crippen MR) is 41.6 cm³/mol. The Bertz CT molecular complexity index is 149. The Hall–Kier alpha value is -0.680. The van der Waals surface area contributed by atoms with Crippen LogP contribution in [0.2, 0.25) is 0 Å². The number of hydrogen-bond acceptors (Lipinski definition) is 3. The first-order valence-electron chi connectivity index (χ1n) is 2.80. The number of aliphatic carboxylic acids is 1. The lowest BCUT2D eigenvalue weighted by molar-refractivity contribution is -0.137. The molecule has 0 fully saturated rings. The van der Waals surface area contributed by atoms with Crippen LogP contribution in [0.5, 0.6) is 0 Å². The molecule has 0 saturated carbocycles. The average molecular weight is 162 g/mol. The summed E-state index contributed by atoms with van der Waals surface area (Å²) in [5.74, 6) is -0.883. The molecule has 0 radical (unpaired) electrons. The standard InChI is InChI=1S/C5H10N2O2S/c6-3(5(7)10)1-2-4(8)9/h3H,1-2,6H2,(H2,7,10)(H,8,9). The number of hydrogen-bond donors (Lipinski definition) is 3. The molecule has 0 aliphatic carbocycles. The molecule has 0 aromatic carbocycles. The van der Waals surface area contributed by atoms with Crippen LogP contribution in [-0.4, -0.2) is 22.1 Å². The first kappa shape index (κ1) is 9.32. The molecular formula is C5H10N2O2S. The minimum atomic E-state index is -0.883. The van der Waals surface area contributed by atoms with Crippen molar-refractivity contribution in [3.8, 4) is 0 Å². The van der Waals surface area contributed by atoms with E-state index in [1.54, 1.807) is 0 Å². The topological polar surface area (TPSA) is 89.3 Å². The molecule has 10 heavy (non-hydrogen) atoms. The molecule has 0 aromatic rings. The molecule has 5 N–H and O–H groups in total. The van der Waals surface area contributed by atoms with E-state index in [1.165, 1.54) is 0 Å². The molecule has 0 rings (SSSR count). The maximum atomic E-state index is 9.99. The third-order valence-corrected chi connectivity index (χ3v) is 1.34. The second-order valence-corrected chi connectivity index (χ2v) is 2.41. The highest BCUT2D eigenvalue weighted by atomic mass is 32.1. The molecule has 0 heterocycles. The zero-order valence-corrected chi connectivity index (χ0v) is 6.23. The Kier molecular flexibility index (Phi) is 3.90. The molecule has 0 bridgehead atoms. The lowest BCUT2D eigenvalue weighted by atomic mass is 10.2. The summed E-state index contributed by atoms with van der Waals surface area (Å²) in [4.78, 5) is 10.2. The minimum absolute atomic E-state index is 0.0124. The molecule has 0 aromatic heterocycles. The Balaban J connectivity index is 3.49. The van der Waals surface area contributed by atoms with Gasteiger partial charge in [0.15, 0.2) is 0 Å². The highest BCUT2D eigenvalue weighted by Gasteiger charge is 2.06. The van der Waals surface area contributed by atoms with E-state index in [0.29, 0.717) is 6.42 Å². The van der Waals surface area contributed by atoms with Gasteiger partial charge in [0.05, 0.1) is 11.0 Å². The van der Waals surface area contributed by atoms with Crippen molar-refractivity contribution in [3.63, 3.8) is 0 Å². The molecule has 58 valence electrons. The van der Waals surface area contributed by atoms with Crippen LogP contribution in [-0.2, 0) is 4.79 Å². The highest BCUT2D eigenvalue weighted by Crippen LogP contribution is 1.93. The van der Waals surface area contributed by atoms with Gasteiger partial charge in [-0.05, 0) is 6.42 Å². The fourth-order valence-electron chi connectivity index (χ4n) is 0.421. The molecule has 5 heteroatoms. The maximum absolute atomic E-state index is 9.99. The van der Waals surface area contributed by atoms with Gasteiger partial charge in [-0.3, -0.25) is 4.79 Å². The summed E-state index contributed by atoms with van der Waals surface area (Å²) in [5, 5.41) is 8.20. The van der Waals surface area contributed by atoms with Gasteiger partial charge in [0.25, 0.3) is 0 Å². The van der Waals surface area contributed by atoms with E-state index in [9.17, 15) is 4.79 Å². The molecule has 0 spiro atoms. The van der Waals surface area contributed by atoms with Gasteiger partial charge < -0.3 is 16.6 Å². The number of carboxylic acid groups (broad SMARTS) is 1. The molecule has 1 unspecified atom stereocenters. The number of nitrogens with two attached hydrogens (primary N) is 2. The van der Waals surface area contributed by atoms with E-state index in [2.05, 4.69) is 12.2 Å². The Morgan fingerprint density at radius 2 is 2.20 bits per heavy atom. The van der Waals surface area contributed by atoms with Gasteiger partial charge in [-0.15, -0.1) is 0 Å². The summed E-state index contributed by atoms with van der Waals surface area (Å²) in [6.07, 6.45) is 0.323. The van der Waals surface area contributed by atoms with Crippen LogP contribution >= 0.6 is 12.2 Å². The van der Waals surface area contributed by atoms with Gasteiger partial charge in [0.2, 0.25) is 0 Å². The first-order chi connectivity index (χ1) is 4.54. The fraction of sp³-hybridized carbons (Fsp3) is 0.600. The number of thiocarbonyl (C=S) groups is 1. The summed E-state index contributed by atoms with van der Waals surface area (Å²) in [6, 6.07) is -0.467. The molecule has 1 atom stereocenters. The summed E-state index contributed by atoms with van der Waals surface area (Å²) in [5.41, 5.74) is 10.5. The number of carboxylic acids is 1.